The van der Waals surface area contributed by atoms with Gasteiger partial charge in [0.1, 0.15) is 5.75 Å². The third-order valence-electron chi connectivity index (χ3n) is 2.57. The van der Waals surface area contributed by atoms with Crippen LogP contribution in [0.5, 0.6) is 5.75 Å². The maximum absolute atomic E-state index is 9.34. The van der Waals surface area contributed by atoms with Crippen LogP contribution in [0, 0.1) is 5.92 Å². The van der Waals surface area contributed by atoms with E-state index >= 15 is 0 Å². The minimum atomic E-state index is 0.163. The number of rotatable bonds is 5. The smallest absolute Gasteiger partial charge is 0.138 e. The molecule has 90 valence electrons. The molecule has 0 atom stereocenters. The lowest BCUT2D eigenvalue weighted by atomic mass is 10.1. The van der Waals surface area contributed by atoms with Gasteiger partial charge in [0, 0.05) is 13.1 Å². The molecule has 0 aliphatic heterocycles. The second-order valence-electron chi connectivity index (χ2n) is 4.61. The monoisotopic (exact) mass is 222 g/mol. The normalized spacial score (nSPS) is 11.3. The molecule has 0 radical (unpaired) electrons. The maximum atomic E-state index is 9.34. The van der Waals surface area contributed by atoms with E-state index in [0.717, 1.165) is 25.2 Å². The third kappa shape index (κ3) is 3.74. The van der Waals surface area contributed by atoms with Gasteiger partial charge < -0.3 is 10.8 Å². The number of anilines is 1. The summed E-state index contributed by atoms with van der Waals surface area (Å²) in [6.45, 7) is 9.59. The first-order valence-corrected chi connectivity index (χ1v) is 5.82. The Kier molecular flexibility index (Phi) is 4.62. The van der Waals surface area contributed by atoms with Gasteiger partial charge in [-0.1, -0.05) is 26.8 Å². The molecule has 0 fully saturated rings. The van der Waals surface area contributed by atoms with Crippen molar-refractivity contribution in [3.05, 3.63) is 23.8 Å². The lowest BCUT2D eigenvalue weighted by Gasteiger charge is -2.22. The molecule has 0 aliphatic rings. The Balaban J connectivity index is 2.66. The van der Waals surface area contributed by atoms with Crippen LogP contribution in [0.4, 0.5) is 5.69 Å². The van der Waals surface area contributed by atoms with Crippen molar-refractivity contribution in [2.45, 2.75) is 27.3 Å². The molecule has 0 saturated heterocycles. The van der Waals surface area contributed by atoms with Gasteiger partial charge in [-0.15, -0.1) is 0 Å². The molecule has 3 N–H and O–H groups in total. The average Bonchev–Trinajstić information content (AvgIpc) is 2.22. The Labute approximate surface area is 97.9 Å². The number of hydrogen-bond acceptors (Lipinski definition) is 3. The summed E-state index contributed by atoms with van der Waals surface area (Å²) in [6, 6.07) is 5.43. The van der Waals surface area contributed by atoms with Crippen LogP contribution in [0.1, 0.15) is 26.3 Å². The molecule has 0 saturated carbocycles. The van der Waals surface area contributed by atoms with Crippen molar-refractivity contribution < 1.29 is 5.11 Å². The first-order valence-electron chi connectivity index (χ1n) is 5.82. The zero-order valence-corrected chi connectivity index (χ0v) is 10.4. The molecular weight excluding hydrogens is 200 g/mol. The number of phenols is 1. The van der Waals surface area contributed by atoms with E-state index in [1.807, 2.05) is 12.1 Å². The molecule has 0 heterocycles. The molecule has 1 aromatic carbocycles. The van der Waals surface area contributed by atoms with E-state index in [9.17, 15) is 5.11 Å². The minimum absolute atomic E-state index is 0.163. The highest BCUT2D eigenvalue weighted by Gasteiger charge is 2.07. The van der Waals surface area contributed by atoms with Crippen molar-refractivity contribution >= 4 is 5.69 Å². The zero-order valence-electron chi connectivity index (χ0n) is 10.4. The topological polar surface area (TPSA) is 49.5 Å². The second-order valence-corrected chi connectivity index (χ2v) is 4.61. The SMILES string of the molecule is CCN(Cc1ccc(O)c(N)c1)CC(C)C. The Bertz CT molecular complexity index is 337. The Hall–Kier alpha value is -1.22. The first kappa shape index (κ1) is 12.8. The predicted octanol–water partition coefficient (Wildman–Crippen LogP) is 2.45. The predicted molar refractivity (Wildman–Crippen MR) is 68.3 cm³/mol. The van der Waals surface area contributed by atoms with Crippen LogP contribution in [0.25, 0.3) is 0 Å². The van der Waals surface area contributed by atoms with E-state index in [4.69, 9.17) is 5.73 Å². The van der Waals surface area contributed by atoms with E-state index in [-0.39, 0.29) is 5.75 Å². The summed E-state index contributed by atoms with van der Waals surface area (Å²) in [5, 5.41) is 9.34. The molecule has 16 heavy (non-hydrogen) atoms. The molecule has 1 rings (SSSR count). The van der Waals surface area contributed by atoms with Crippen LogP contribution in [-0.2, 0) is 6.54 Å². The molecule has 0 unspecified atom stereocenters. The number of aromatic hydroxyl groups is 1. The molecule has 0 aliphatic carbocycles. The molecule has 3 nitrogen and oxygen atoms in total. The van der Waals surface area contributed by atoms with Gasteiger partial charge >= 0.3 is 0 Å². The van der Waals surface area contributed by atoms with Crippen molar-refractivity contribution in [2.75, 3.05) is 18.8 Å². The number of nitrogens with zero attached hydrogens (tertiary/aromatic N) is 1. The number of benzene rings is 1. The second kappa shape index (κ2) is 5.75. The van der Waals surface area contributed by atoms with Crippen LogP contribution in [0.15, 0.2) is 18.2 Å². The summed E-state index contributed by atoms with van der Waals surface area (Å²) in [7, 11) is 0. The van der Waals surface area contributed by atoms with Crippen LogP contribution in [0.2, 0.25) is 0 Å². The van der Waals surface area contributed by atoms with Crippen molar-refractivity contribution in [3.63, 3.8) is 0 Å². The summed E-state index contributed by atoms with van der Waals surface area (Å²) in [5.41, 5.74) is 7.28. The van der Waals surface area contributed by atoms with Crippen LogP contribution >= 0.6 is 0 Å². The van der Waals surface area contributed by atoms with Gasteiger partial charge in [0.2, 0.25) is 0 Å². The highest BCUT2D eigenvalue weighted by Crippen LogP contribution is 2.21. The number of nitrogens with two attached hydrogens (primary N) is 1. The van der Waals surface area contributed by atoms with Gasteiger partial charge in [0.25, 0.3) is 0 Å². The van der Waals surface area contributed by atoms with Crippen LogP contribution < -0.4 is 5.73 Å². The van der Waals surface area contributed by atoms with Crippen molar-refractivity contribution in [3.8, 4) is 5.75 Å². The van der Waals surface area contributed by atoms with Gasteiger partial charge in [-0.3, -0.25) is 4.90 Å². The Morgan fingerprint density at radius 1 is 1.38 bits per heavy atom. The van der Waals surface area contributed by atoms with E-state index in [2.05, 4.69) is 25.7 Å². The molecule has 0 amide bonds. The van der Waals surface area contributed by atoms with Gasteiger partial charge in [-0.2, -0.15) is 0 Å². The fourth-order valence-electron chi connectivity index (χ4n) is 1.78. The third-order valence-corrected chi connectivity index (χ3v) is 2.57. The summed E-state index contributed by atoms with van der Waals surface area (Å²) in [5.74, 6) is 0.824. The van der Waals surface area contributed by atoms with Crippen molar-refractivity contribution in [1.29, 1.82) is 0 Å². The summed E-state index contributed by atoms with van der Waals surface area (Å²) >= 11 is 0. The van der Waals surface area contributed by atoms with E-state index < -0.39 is 0 Å². The highest BCUT2D eigenvalue weighted by molar-refractivity contribution is 5.53. The Morgan fingerprint density at radius 2 is 2.06 bits per heavy atom. The van der Waals surface area contributed by atoms with E-state index in [1.54, 1.807) is 6.07 Å². The largest absolute Gasteiger partial charge is 0.506 e. The van der Waals surface area contributed by atoms with Gasteiger partial charge in [0.05, 0.1) is 5.69 Å². The van der Waals surface area contributed by atoms with Crippen LogP contribution in [-0.4, -0.2) is 23.1 Å². The highest BCUT2D eigenvalue weighted by atomic mass is 16.3. The summed E-state index contributed by atoms with van der Waals surface area (Å²) < 4.78 is 0. The van der Waals surface area contributed by atoms with Gasteiger partial charge in [-0.05, 0) is 30.2 Å². The molecule has 0 spiro atoms. The van der Waals surface area contributed by atoms with E-state index in [0.29, 0.717) is 11.6 Å². The van der Waals surface area contributed by atoms with Crippen molar-refractivity contribution in [1.82, 2.24) is 4.90 Å². The minimum Gasteiger partial charge on any atom is -0.506 e. The molecule has 0 aromatic heterocycles. The molecule has 0 bridgehead atoms. The zero-order chi connectivity index (χ0) is 12.1. The fourth-order valence-corrected chi connectivity index (χ4v) is 1.78. The van der Waals surface area contributed by atoms with E-state index in [1.165, 1.54) is 0 Å². The fraction of sp³-hybridized carbons (Fsp3) is 0.538. The average molecular weight is 222 g/mol. The first-order chi connectivity index (χ1) is 7.52. The Morgan fingerprint density at radius 3 is 2.56 bits per heavy atom. The summed E-state index contributed by atoms with van der Waals surface area (Å²) in [6.07, 6.45) is 0. The molecular formula is C13H22N2O. The van der Waals surface area contributed by atoms with Gasteiger partial charge in [-0.25, -0.2) is 0 Å². The maximum Gasteiger partial charge on any atom is 0.138 e. The number of phenolic OH excluding ortho intramolecular Hbond substituents is 1. The van der Waals surface area contributed by atoms with Crippen LogP contribution in [0.3, 0.4) is 0 Å². The standard InChI is InChI=1S/C13H22N2O/c1-4-15(8-10(2)3)9-11-5-6-13(16)12(14)7-11/h5-7,10,16H,4,8-9,14H2,1-3H3. The quantitative estimate of drug-likeness (QED) is 0.594. The molecule has 1 aromatic rings. The molecule has 3 heteroatoms. The van der Waals surface area contributed by atoms with Crippen molar-refractivity contribution in [2.24, 2.45) is 5.92 Å². The van der Waals surface area contributed by atoms with Gasteiger partial charge in [0.15, 0.2) is 0 Å². The lowest BCUT2D eigenvalue weighted by molar-refractivity contribution is 0.248. The lowest BCUT2D eigenvalue weighted by Crippen LogP contribution is -2.27. The number of nitrogen functional groups attached to an aromatic ring is 1. The summed E-state index contributed by atoms with van der Waals surface area (Å²) in [4.78, 5) is 2.37. The number of hydrogen-bond donors (Lipinski definition) is 2.